The fourth-order valence-electron chi connectivity index (χ4n) is 3.79. The molecule has 0 aliphatic carbocycles. The molecule has 3 atom stereocenters. The standard InChI is InChI=1S/C19H26N2O3/c1-4-15-7-5-6-8-17(15)21-12-16(9-18(21)22)19(23)20-10-13(2)24-14(3)11-20/h5-8,13-14,16H,4,9-12H2,1-3H3. The van der Waals surface area contributed by atoms with E-state index in [2.05, 4.69) is 6.92 Å². The van der Waals surface area contributed by atoms with Crippen molar-refractivity contribution in [2.75, 3.05) is 24.5 Å². The molecule has 0 bridgehead atoms. The van der Waals surface area contributed by atoms with Crippen LogP contribution in [0.1, 0.15) is 32.8 Å². The Labute approximate surface area is 143 Å². The maximum Gasteiger partial charge on any atom is 0.228 e. The summed E-state index contributed by atoms with van der Waals surface area (Å²) in [5.41, 5.74) is 2.09. The van der Waals surface area contributed by atoms with Gasteiger partial charge in [0.25, 0.3) is 0 Å². The summed E-state index contributed by atoms with van der Waals surface area (Å²) in [5.74, 6) is -0.120. The molecule has 2 amide bonds. The Morgan fingerprint density at radius 2 is 1.83 bits per heavy atom. The Bertz CT molecular complexity index is 621. The van der Waals surface area contributed by atoms with Gasteiger partial charge in [0.1, 0.15) is 0 Å². The zero-order valence-electron chi connectivity index (χ0n) is 14.7. The Kier molecular flexibility index (Phi) is 4.90. The summed E-state index contributed by atoms with van der Waals surface area (Å²) in [6.45, 7) is 7.76. The van der Waals surface area contributed by atoms with Crippen molar-refractivity contribution in [3.05, 3.63) is 29.8 Å². The maximum absolute atomic E-state index is 12.9. The van der Waals surface area contributed by atoms with E-state index in [4.69, 9.17) is 4.74 Å². The third-order valence-corrected chi connectivity index (χ3v) is 4.87. The van der Waals surface area contributed by atoms with Crippen molar-refractivity contribution >= 4 is 17.5 Å². The van der Waals surface area contributed by atoms with E-state index in [-0.39, 0.29) is 29.9 Å². The zero-order chi connectivity index (χ0) is 17.3. The summed E-state index contributed by atoms with van der Waals surface area (Å²) in [5, 5.41) is 0. The fourth-order valence-corrected chi connectivity index (χ4v) is 3.79. The maximum atomic E-state index is 12.9. The molecule has 3 rings (SSSR count). The van der Waals surface area contributed by atoms with Gasteiger partial charge in [-0.25, -0.2) is 0 Å². The Morgan fingerprint density at radius 3 is 2.50 bits per heavy atom. The van der Waals surface area contributed by atoms with Crippen LogP contribution in [-0.4, -0.2) is 48.6 Å². The van der Waals surface area contributed by atoms with Crippen LogP contribution in [0.5, 0.6) is 0 Å². The second kappa shape index (κ2) is 6.93. The number of hydrogen-bond acceptors (Lipinski definition) is 3. The minimum absolute atomic E-state index is 0.0450. The molecule has 0 spiro atoms. The number of carbonyl (C=O) groups is 2. The van der Waals surface area contributed by atoms with Crippen molar-refractivity contribution in [2.24, 2.45) is 5.92 Å². The molecule has 2 heterocycles. The molecule has 2 saturated heterocycles. The molecule has 0 radical (unpaired) electrons. The van der Waals surface area contributed by atoms with Crippen LogP contribution in [-0.2, 0) is 20.7 Å². The predicted molar refractivity (Wildman–Crippen MR) is 92.9 cm³/mol. The fraction of sp³-hybridized carbons (Fsp3) is 0.579. The number of hydrogen-bond donors (Lipinski definition) is 0. The van der Waals surface area contributed by atoms with Gasteiger partial charge in [0.15, 0.2) is 0 Å². The van der Waals surface area contributed by atoms with Gasteiger partial charge < -0.3 is 14.5 Å². The molecule has 5 nitrogen and oxygen atoms in total. The minimum Gasteiger partial charge on any atom is -0.372 e. The van der Waals surface area contributed by atoms with Gasteiger partial charge in [-0.1, -0.05) is 25.1 Å². The normalized spacial score (nSPS) is 27.6. The second-order valence-corrected chi connectivity index (χ2v) is 6.89. The monoisotopic (exact) mass is 330 g/mol. The van der Waals surface area contributed by atoms with Crippen molar-refractivity contribution in [3.8, 4) is 0 Å². The molecular formula is C19H26N2O3. The number of anilines is 1. The topological polar surface area (TPSA) is 49.9 Å². The highest BCUT2D eigenvalue weighted by Gasteiger charge is 2.39. The minimum atomic E-state index is -0.250. The van der Waals surface area contributed by atoms with Gasteiger partial charge in [0, 0.05) is 31.7 Å². The van der Waals surface area contributed by atoms with Crippen LogP contribution in [0.3, 0.4) is 0 Å². The van der Waals surface area contributed by atoms with Crippen LogP contribution >= 0.6 is 0 Å². The lowest BCUT2D eigenvalue weighted by Crippen LogP contribution is -2.50. The predicted octanol–water partition coefficient (Wildman–Crippen LogP) is 2.24. The number of benzene rings is 1. The summed E-state index contributed by atoms with van der Waals surface area (Å²) < 4.78 is 5.70. The van der Waals surface area contributed by atoms with E-state index in [1.54, 1.807) is 4.90 Å². The first-order chi connectivity index (χ1) is 11.5. The van der Waals surface area contributed by atoms with E-state index in [1.807, 2.05) is 43.0 Å². The Morgan fingerprint density at radius 1 is 1.17 bits per heavy atom. The average Bonchev–Trinajstić information content (AvgIpc) is 2.94. The van der Waals surface area contributed by atoms with Crippen molar-refractivity contribution < 1.29 is 14.3 Å². The average molecular weight is 330 g/mol. The lowest BCUT2D eigenvalue weighted by Gasteiger charge is -2.36. The summed E-state index contributed by atoms with van der Waals surface area (Å²) in [7, 11) is 0. The molecule has 130 valence electrons. The van der Waals surface area contributed by atoms with Crippen molar-refractivity contribution in [2.45, 2.75) is 45.8 Å². The molecule has 2 aliphatic rings. The first kappa shape index (κ1) is 17.0. The van der Waals surface area contributed by atoms with Gasteiger partial charge in [-0.05, 0) is 31.9 Å². The Balaban J connectivity index is 1.73. The largest absolute Gasteiger partial charge is 0.372 e. The number of rotatable bonds is 3. The summed E-state index contributed by atoms with van der Waals surface area (Å²) in [4.78, 5) is 29.0. The van der Waals surface area contributed by atoms with Gasteiger partial charge in [-0.3, -0.25) is 9.59 Å². The molecule has 1 aromatic carbocycles. The quantitative estimate of drug-likeness (QED) is 0.854. The molecule has 5 heteroatoms. The van der Waals surface area contributed by atoms with Crippen LogP contribution in [0.4, 0.5) is 5.69 Å². The summed E-state index contributed by atoms with van der Waals surface area (Å²) in [6.07, 6.45) is 1.27. The Hall–Kier alpha value is -1.88. The van der Waals surface area contributed by atoms with Crippen molar-refractivity contribution in [3.63, 3.8) is 0 Å². The van der Waals surface area contributed by atoms with Gasteiger partial charge in [0.05, 0.1) is 18.1 Å². The van der Waals surface area contributed by atoms with Crippen LogP contribution in [0.2, 0.25) is 0 Å². The molecule has 0 saturated carbocycles. The molecule has 1 aromatic rings. The third kappa shape index (κ3) is 3.31. The summed E-state index contributed by atoms with van der Waals surface area (Å²) >= 11 is 0. The van der Waals surface area contributed by atoms with E-state index >= 15 is 0 Å². The highest BCUT2D eigenvalue weighted by atomic mass is 16.5. The van der Waals surface area contributed by atoms with E-state index in [0.717, 1.165) is 17.7 Å². The van der Waals surface area contributed by atoms with Crippen LogP contribution in [0.25, 0.3) is 0 Å². The zero-order valence-corrected chi connectivity index (χ0v) is 14.7. The lowest BCUT2D eigenvalue weighted by molar-refractivity contribution is -0.147. The molecule has 0 aromatic heterocycles. The number of morpholine rings is 1. The van der Waals surface area contributed by atoms with Gasteiger partial charge >= 0.3 is 0 Å². The number of amides is 2. The smallest absolute Gasteiger partial charge is 0.228 e. The van der Waals surface area contributed by atoms with Crippen molar-refractivity contribution in [1.82, 2.24) is 4.90 Å². The van der Waals surface area contributed by atoms with Gasteiger partial charge in [-0.15, -0.1) is 0 Å². The number of nitrogens with zero attached hydrogens (tertiary/aromatic N) is 2. The molecular weight excluding hydrogens is 304 g/mol. The molecule has 2 aliphatic heterocycles. The van der Waals surface area contributed by atoms with Crippen molar-refractivity contribution in [1.29, 1.82) is 0 Å². The van der Waals surface area contributed by atoms with Crippen LogP contribution in [0.15, 0.2) is 24.3 Å². The number of ether oxygens (including phenoxy) is 1. The van der Waals surface area contributed by atoms with Gasteiger partial charge in [-0.2, -0.15) is 0 Å². The SMILES string of the molecule is CCc1ccccc1N1CC(C(=O)N2CC(C)OC(C)C2)CC1=O. The van der Waals surface area contributed by atoms with E-state index in [9.17, 15) is 9.59 Å². The summed E-state index contributed by atoms with van der Waals surface area (Å²) in [6, 6.07) is 7.95. The first-order valence-corrected chi connectivity index (χ1v) is 8.82. The molecule has 2 fully saturated rings. The molecule has 0 N–H and O–H groups in total. The highest BCUT2D eigenvalue weighted by molar-refractivity contribution is 6.00. The number of carbonyl (C=O) groups excluding carboxylic acids is 2. The number of para-hydroxylation sites is 1. The first-order valence-electron chi connectivity index (χ1n) is 8.82. The van der Waals surface area contributed by atoms with Crippen LogP contribution < -0.4 is 4.90 Å². The molecule has 24 heavy (non-hydrogen) atoms. The highest BCUT2D eigenvalue weighted by Crippen LogP contribution is 2.30. The van der Waals surface area contributed by atoms with E-state index in [0.29, 0.717) is 26.1 Å². The van der Waals surface area contributed by atoms with Crippen LogP contribution in [0, 0.1) is 5.92 Å². The van der Waals surface area contributed by atoms with E-state index in [1.165, 1.54) is 0 Å². The third-order valence-electron chi connectivity index (χ3n) is 4.87. The second-order valence-electron chi connectivity index (χ2n) is 6.89. The number of aryl methyl sites for hydroxylation is 1. The van der Waals surface area contributed by atoms with E-state index < -0.39 is 0 Å². The van der Waals surface area contributed by atoms with Gasteiger partial charge in [0.2, 0.25) is 11.8 Å². The molecule has 3 unspecified atom stereocenters. The lowest BCUT2D eigenvalue weighted by atomic mass is 10.1.